The molecule has 0 N–H and O–H groups in total. The van der Waals surface area contributed by atoms with Crippen molar-refractivity contribution in [2.75, 3.05) is 4.90 Å². The number of anilines is 1. The van der Waals surface area contributed by atoms with Crippen molar-refractivity contribution in [3.05, 3.63) is 60.5 Å². The van der Waals surface area contributed by atoms with Crippen LogP contribution in [0.25, 0.3) is 0 Å². The van der Waals surface area contributed by atoms with Crippen molar-refractivity contribution in [3.8, 4) is 0 Å². The second kappa shape index (κ2) is 5.59. The van der Waals surface area contributed by atoms with Crippen LogP contribution in [0.15, 0.2) is 24.3 Å². The molecule has 0 unspecified atom stereocenters. The van der Waals surface area contributed by atoms with Crippen LogP contribution in [0.1, 0.15) is 20.7 Å². The molecule has 3 rings (SSSR count). The lowest BCUT2D eigenvalue weighted by Crippen LogP contribution is -2.29. The van der Waals surface area contributed by atoms with Gasteiger partial charge in [0.15, 0.2) is 0 Å². The summed E-state index contributed by atoms with van der Waals surface area (Å²) in [6.07, 6.45) is 0. The third kappa shape index (κ3) is 2.20. The smallest absolute Gasteiger partial charge is 0.267 e. The fraction of sp³-hybridized carbons (Fsp3) is 0. The highest BCUT2D eigenvalue weighted by atomic mass is 35.5. The fourth-order valence-corrected chi connectivity index (χ4v) is 3.31. The van der Waals surface area contributed by atoms with E-state index in [9.17, 15) is 9.59 Å². The summed E-state index contributed by atoms with van der Waals surface area (Å²) in [6, 6.07) is 6.19. The molecule has 112 valence electrons. The molecule has 0 saturated carbocycles. The van der Waals surface area contributed by atoms with E-state index in [0.29, 0.717) is 10.7 Å². The van der Waals surface area contributed by atoms with Crippen molar-refractivity contribution in [2.24, 2.45) is 0 Å². The molecule has 0 bridgehead atoms. The summed E-state index contributed by atoms with van der Waals surface area (Å²) in [5, 5.41) is 0.154. The lowest BCUT2D eigenvalue weighted by atomic mass is 10.1. The average molecular weight is 395 g/mol. The van der Waals surface area contributed by atoms with Crippen LogP contribution >= 0.6 is 58.0 Å². The maximum absolute atomic E-state index is 12.6. The van der Waals surface area contributed by atoms with Crippen molar-refractivity contribution >= 4 is 75.5 Å². The van der Waals surface area contributed by atoms with E-state index >= 15 is 0 Å². The second-order valence-corrected chi connectivity index (χ2v) is 6.38. The Labute approximate surface area is 150 Å². The Hall–Kier alpha value is -0.970. The fourth-order valence-electron chi connectivity index (χ4n) is 2.17. The van der Waals surface area contributed by atoms with Crippen LogP contribution in [-0.4, -0.2) is 11.8 Å². The number of nitrogens with zero attached hydrogens (tertiary/aromatic N) is 1. The zero-order chi connectivity index (χ0) is 16.2. The minimum absolute atomic E-state index is 0.0546. The van der Waals surface area contributed by atoms with Crippen LogP contribution in [0, 0.1) is 0 Å². The molecule has 1 aliphatic heterocycles. The largest absolute Gasteiger partial charge is 0.268 e. The van der Waals surface area contributed by atoms with Crippen LogP contribution in [-0.2, 0) is 0 Å². The van der Waals surface area contributed by atoms with Gasteiger partial charge in [0.25, 0.3) is 11.8 Å². The maximum atomic E-state index is 12.6. The molecule has 0 atom stereocenters. The maximum Gasteiger partial charge on any atom is 0.267 e. The standard InChI is InChI=1S/C14H4Cl5NO2/c15-5-1-3-6(4-2-5)20-13(21)7-8(14(20)22)10(17)12(19)11(18)9(7)16/h1-4H. The first-order chi connectivity index (χ1) is 10.3. The van der Waals surface area contributed by atoms with Crippen LogP contribution < -0.4 is 4.90 Å². The predicted octanol–water partition coefficient (Wildman–Crippen LogP) is 5.75. The summed E-state index contributed by atoms with van der Waals surface area (Å²) in [5.74, 6) is -1.24. The molecule has 2 aromatic rings. The highest BCUT2D eigenvalue weighted by Crippen LogP contribution is 2.45. The molecule has 0 saturated heterocycles. The highest BCUT2D eigenvalue weighted by Gasteiger charge is 2.42. The van der Waals surface area contributed by atoms with E-state index in [2.05, 4.69) is 0 Å². The van der Waals surface area contributed by atoms with Crippen molar-refractivity contribution in [1.29, 1.82) is 0 Å². The number of carbonyl (C=O) groups is 2. The summed E-state index contributed by atoms with van der Waals surface area (Å²) < 4.78 is 0. The molecule has 2 amide bonds. The lowest BCUT2D eigenvalue weighted by Gasteiger charge is -2.13. The monoisotopic (exact) mass is 393 g/mol. The Morgan fingerprint density at radius 1 is 0.636 bits per heavy atom. The van der Waals surface area contributed by atoms with E-state index < -0.39 is 11.8 Å². The summed E-state index contributed by atoms with van der Waals surface area (Å²) in [4.78, 5) is 26.1. The van der Waals surface area contributed by atoms with Gasteiger partial charge in [-0.1, -0.05) is 58.0 Å². The van der Waals surface area contributed by atoms with Crippen molar-refractivity contribution < 1.29 is 9.59 Å². The minimum Gasteiger partial charge on any atom is -0.268 e. The summed E-state index contributed by atoms with van der Waals surface area (Å²) in [5.41, 5.74) is 0.233. The van der Waals surface area contributed by atoms with Gasteiger partial charge < -0.3 is 0 Å². The van der Waals surface area contributed by atoms with E-state index in [0.717, 1.165) is 4.90 Å². The van der Waals surface area contributed by atoms with Gasteiger partial charge in [0.1, 0.15) is 0 Å². The normalized spacial score (nSPS) is 13.8. The van der Waals surface area contributed by atoms with Gasteiger partial charge >= 0.3 is 0 Å². The Morgan fingerprint density at radius 3 is 1.45 bits per heavy atom. The molecule has 0 aromatic heterocycles. The van der Waals surface area contributed by atoms with Gasteiger partial charge in [-0.05, 0) is 24.3 Å². The van der Waals surface area contributed by atoms with Gasteiger partial charge in [0.2, 0.25) is 0 Å². The number of hydrogen-bond donors (Lipinski definition) is 0. The molecule has 3 nitrogen and oxygen atoms in total. The zero-order valence-electron chi connectivity index (χ0n) is 10.5. The number of rotatable bonds is 1. The SMILES string of the molecule is O=C1c2c(Cl)c(Cl)c(Cl)c(Cl)c2C(=O)N1c1ccc(Cl)cc1. The van der Waals surface area contributed by atoms with Crippen molar-refractivity contribution in [1.82, 2.24) is 0 Å². The second-order valence-electron chi connectivity index (χ2n) is 4.43. The lowest BCUT2D eigenvalue weighted by molar-refractivity contribution is 0.0926. The highest BCUT2D eigenvalue weighted by molar-refractivity contribution is 6.56. The third-order valence-electron chi connectivity index (χ3n) is 3.19. The van der Waals surface area contributed by atoms with Crippen LogP contribution in [0.2, 0.25) is 25.1 Å². The first kappa shape index (κ1) is 15.9. The molecular formula is C14H4Cl5NO2. The number of imide groups is 1. The quantitative estimate of drug-likeness (QED) is 0.350. The molecule has 1 aliphatic rings. The molecule has 0 radical (unpaired) electrons. The van der Waals surface area contributed by atoms with E-state index in [1.165, 1.54) is 12.1 Å². The third-order valence-corrected chi connectivity index (χ3v) is 5.24. The molecule has 0 fully saturated rings. The van der Waals surface area contributed by atoms with E-state index in [-0.39, 0.29) is 31.2 Å². The van der Waals surface area contributed by atoms with Crippen molar-refractivity contribution in [2.45, 2.75) is 0 Å². The van der Waals surface area contributed by atoms with Gasteiger partial charge in [-0.15, -0.1) is 0 Å². The Kier molecular flexibility index (Phi) is 4.04. The number of halogens is 5. The number of amides is 2. The summed E-state index contributed by atoms with van der Waals surface area (Å²) in [7, 11) is 0. The first-order valence-corrected chi connectivity index (χ1v) is 7.74. The van der Waals surface area contributed by atoms with Crippen LogP contribution in [0.3, 0.4) is 0 Å². The van der Waals surface area contributed by atoms with Gasteiger partial charge in [-0.25, -0.2) is 4.90 Å². The van der Waals surface area contributed by atoms with E-state index in [4.69, 9.17) is 58.0 Å². The summed E-state index contributed by atoms with van der Waals surface area (Å²) in [6.45, 7) is 0. The first-order valence-electron chi connectivity index (χ1n) is 5.85. The molecule has 0 spiro atoms. The number of carbonyl (C=O) groups excluding carboxylic acids is 2. The Balaban J connectivity index is 2.23. The molecule has 8 heteroatoms. The van der Waals surface area contributed by atoms with Gasteiger partial charge in [0.05, 0.1) is 36.9 Å². The van der Waals surface area contributed by atoms with Gasteiger partial charge in [-0.2, -0.15) is 0 Å². The molecular weight excluding hydrogens is 391 g/mol. The Morgan fingerprint density at radius 2 is 1.05 bits per heavy atom. The van der Waals surface area contributed by atoms with Gasteiger partial charge in [0, 0.05) is 5.02 Å². The topological polar surface area (TPSA) is 37.4 Å². The number of fused-ring (bicyclic) bond motifs is 1. The molecule has 0 aliphatic carbocycles. The van der Waals surface area contributed by atoms with Gasteiger partial charge in [-0.3, -0.25) is 9.59 Å². The van der Waals surface area contributed by atoms with E-state index in [1.54, 1.807) is 12.1 Å². The van der Waals surface area contributed by atoms with E-state index in [1.807, 2.05) is 0 Å². The zero-order valence-corrected chi connectivity index (χ0v) is 14.2. The molecule has 1 heterocycles. The predicted molar refractivity (Wildman–Crippen MR) is 89.1 cm³/mol. The minimum atomic E-state index is -0.618. The van der Waals surface area contributed by atoms with Crippen molar-refractivity contribution in [3.63, 3.8) is 0 Å². The van der Waals surface area contributed by atoms with Crippen LogP contribution in [0.5, 0.6) is 0 Å². The van der Waals surface area contributed by atoms with Crippen LogP contribution in [0.4, 0.5) is 5.69 Å². The number of benzene rings is 2. The molecule has 22 heavy (non-hydrogen) atoms. The average Bonchev–Trinajstić information content (AvgIpc) is 2.75. The molecule has 2 aromatic carbocycles. The number of hydrogen-bond acceptors (Lipinski definition) is 2. The Bertz CT molecular complexity index is 785. The summed E-state index contributed by atoms with van der Waals surface area (Å²) >= 11 is 29.8.